The molecular formula is C14H30N2. The molecule has 0 aromatic rings. The maximum absolute atomic E-state index is 3.62. The number of nitrogens with zero attached hydrogens (tertiary/aromatic N) is 1. The fraction of sp³-hybridized carbons (Fsp3) is 1.00. The Morgan fingerprint density at radius 2 is 1.88 bits per heavy atom. The molecule has 16 heavy (non-hydrogen) atoms. The highest BCUT2D eigenvalue weighted by Gasteiger charge is 2.12. The number of nitrogens with one attached hydrogen (secondary N) is 1. The Balaban J connectivity index is 1.90. The van der Waals surface area contributed by atoms with E-state index in [9.17, 15) is 0 Å². The number of unbranched alkanes of at least 4 members (excludes halogenated alkanes) is 1. The van der Waals surface area contributed by atoms with Gasteiger partial charge in [0.15, 0.2) is 0 Å². The van der Waals surface area contributed by atoms with Crippen molar-refractivity contribution in [3.8, 4) is 0 Å². The third-order valence-corrected chi connectivity index (χ3v) is 3.72. The normalized spacial score (nSPS) is 18.2. The van der Waals surface area contributed by atoms with Gasteiger partial charge in [0, 0.05) is 13.1 Å². The van der Waals surface area contributed by atoms with Gasteiger partial charge < -0.3 is 10.2 Å². The molecule has 1 N–H and O–H groups in total. The fourth-order valence-corrected chi connectivity index (χ4v) is 2.51. The van der Waals surface area contributed by atoms with Crippen LogP contribution in [-0.4, -0.2) is 38.1 Å². The zero-order valence-electron chi connectivity index (χ0n) is 11.3. The van der Waals surface area contributed by atoms with Crippen LogP contribution in [0.3, 0.4) is 0 Å². The lowest BCUT2D eigenvalue weighted by Gasteiger charge is -2.22. The van der Waals surface area contributed by atoms with E-state index in [1.165, 1.54) is 64.6 Å². The molecule has 0 aromatic heterocycles. The van der Waals surface area contributed by atoms with E-state index in [0.29, 0.717) is 0 Å². The van der Waals surface area contributed by atoms with E-state index in [-0.39, 0.29) is 0 Å². The molecule has 0 saturated heterocycles. The molecular weight excluding hydrogens is 196 g/mol. The van der Waals surface area contributed by atoms with Crippen LogP contribution in [-0.2, 0) is 0 Å². The highest BCUT2D eigenvalue weighted by molar-refractivity contribution is 4.68. The molecule has 1 aliphatic rings. The van der Waals surface area contributed by atoms with Gasteiger partial charge in [-0.25, -0.2) is 0 Å². The zero-order chi connectivity index (χ0) is 11.6. The average Bonchev–Trinajstić information content (AvgIpc) is 2.33. The highest BCUT2D eigenvalue weighted by atomic mass is 15.1. The first-order chi connectivity index (χ1) is 7.83. The Labute approximate surface area is 102 Å². The van der Waals surface area contributed by atoms with Crippen LogP contribution in [0.1, 0.15) is 51.9 Å². The summed E-state index contributed by atoms with van der Waals surface area (Å²) in [5.41, 5.74) is 0. The summed E-state index contributed by atoms with van der Waals surface area (Å²) in [5.74, 6) is 0.967. The van der Waals surface area contributed by atoms with Crippen molar-refractivity contribution in [2.75, 3.05) is 33.2 Å². The quantitative estimate of drug-likeness (QED) is 0.640. The van der Waals surface area contributed by atoms with Gasteiger partial charge >= 0.3 is 0 Å². The van der Waals surface area contributed by atoms with E-state index in [4.69, 9.17) is 0 Å². The first-order valence-corrected chi connectivity index (χ1v) is 7.22. The second-order valence-electron chi connectivity index (χ2n) is 5.36. The molecule has 0 aliphatic heterocycles. The van der Waals surface area contributed by atoms with Crippen LogP contribution in [0, 0.1) is 5.92 Å². The summed E-state index contributed by atoms with van der Waals surface area (Å²) < 4.78 is 0. The van der Waals surface area contributed by atoms with Gasteiger partial charge in [-0.1, -0.05) is 32.6 Å². The minimum absolute atomic E-state index is 0.967. The van der Waals surface area contributed by atoms with Crippen molar-refractivity contribution in [1.29, 1.82) is 0 Å². The van der Waals surface area contributed by atoms with Gasteiger partial charge in [-0.05, 0) is 45.3 Å². The Hall–Kier alpha value is -0.0800. The Kier molecular flexibility index (Phi) is 7.87. The Morgan fingerprint density at radius 3 is 2.56 bits per heavy atom. The molecule has 1 rings (SSSR count). The van der Waals surface area contributed by atoms with Crippen LogP contribution in [0.4, 0.5) is 0 Å². The number of hydrogen-bond acceptors (Lipinski definition) is 2. The second-order valence-corrected chi connectivity index (χ2v) is 5.36. The minimum Gasteiger partial charge on any atom is -0.315 e. The SMILES string of the molecule is CCCCN(C)CCNCC1CCCCC1. The monoisotopic (exact) mass is 226 g/mol. The number of rotatable bonds is 8. The van der Waals surface area contributed by atoms with Crippen LogP contribution in [0.2, 0.25) is 0 Å². The van der Waals surface area contributed by atoms with E-state index in [1.807, 2.05) is 0 Å². The third-order valence-electron chi connectivity index (χ3n) is 3.72. The summed E-state index contributed by atoms with van der Waals surface area (Å²) in [6.07, 6.45) is 9.94. The van der Waals surface area contributed by atoms with Crippen LogP contribution >= 0.6 is 0 Å². The predicted molar refractivity (Wildman–Crippen MR) is 71.8 cm³/mol. The molecule has 2 heteroatoms. The summed E-state index contributed by atoms with van der Waals surface area (Å²) in [4.78, 5) is 2.44. The molecule has 96 valence electrons. The molecule has 0 radical (unpaired) electrons. The summed E-state index contributed by atoms with van der Waals surface area (Å²) in [6.45, 7) is 7.13. The standard InChI is InChI=1S/C14H30N2/c1-3-4-11-16(2)12-10-15-13-14-8-6-5-7-9-14/h14-15H,3-13H2,1-2H3. The fourth-order valence-electron chi connectivity index (χ4n) is 2.51. The molecule has 0 spiro atoms. The molecule has 0 heterocycles. The van der Waals surface area contributed by atoms with Gasteiger partial charge in [-0.15, -0.1) is 0 Å². The van der Waals surface area contributed by atoms with Crippen LogP contribution in [0.15, 0.2) is 0 Å². The zero-order valence-corrected chi connectivity index (χ0v) is 11.3. The average molecular weight is 226 g/mol. The summed E-state index contributed by atoms with van der Waals surface area (Å²) in [6, 6.07) is 0. The Morgan fingerprint density at radius 1 is 1.12 bits per heavy atom. The van der Waals surface area contributed by atoms with Crippen molar-refractivity contribution >= 4 is 0 Å². The van der Waals surface area contributed by atoms with Gasteiger partial charge in [-0.3, -0.25) is 0 Å². The van der Waals surface area contributed by atoms with Crippen LogP contribution in [0.25, 0.3) is 0 Å². The van der Waals surface area contributed by atoms with Gasteiger partial charge in [0.05, 0.1) is 0 Å². The highest BCUT2D eigenvalue weighted by Crippen LogP contribution is 2.22. The van der Waals surface area contributed by atoms with Crippen molar-refractivity contribution < 1.29 is 0 Å². The molecule has 1 saturated carbocycles. The summed E-state index contributed by atoms with van der Waals surface area (Å²) in [5, 5.41) is 3.62. The lowest BCUT2D eigenvalue weighted by Crippen LogP contribution is -2.33. The largest absolute Gasteiger partial charge is 0.315 e. The summed E-state index contributed by atoms with van der Waals surface area (Å²) >= 11 is 0. The van der Waals surface area contributed by atoms with Crippen molar-refractivity contribution in [3.05, 3.63) is 0 Å². The van der Waals surface area contributed by atoms with Crippen molar-refractivity contribution in [2.24, 2.45) is 5.92 Å². The van der Waals surface area contributed by atoms with Crippen LogP contribution < -0.4 is 5.32 Å². The van der Waals surface area contributed by atoms with Crippen molar-refractivity contribution in [1.82, 2.24) is 10.2 Å². The molecule has 0 unspecified atom stereocenters. The first-order valence-electron chi connectivity index (χ1n) is 7.22. The smallest absolute Gasteiger partial charge is 0.0104 e. The maximum Gasteiger partial charge on any atom is 0.0104 e. The molecule has 2 nitrogen and oxygen atoms in total. The van der Waals surface area contributed by atoms with Gasteiger partial charge in [-0.2, -0.15) is 0 Å². The van der Waals surface area contributed by atoms with Crippen LogP contribution in [0.5, 0.6) is 0 Å². The topological polar surface area (TPSA) is 15.3 Å². The third kappa shape index (κ3) is 6.49. The van der Waals surface area contributed by atoms with E-state index < -0.39 is 0 Å². The number of hydrogen-bond donors (Lipinski definition) is 1. The molecule has 0 amide bonds. The van der Waals surface area contributed by atoms with E-state index in [0.717, 1.165) is 12.5 Å². The number of likely N-dealkylation sites (N-methyl/N-ethyl adjacent to an activating group) is 1. The first kappa shape index (κ1) is 14.0. The van der Waals surface area contributed by atoms with Gasteiger partial charge in [0.2, 0.25) is 0 Å². The van der Waals surface area contributed by atoms with E-state index >= 15 is 0 Å². The maximum atomic E-state index is 3.62. The summed E-state index contributed by atoms with van der Waals surface area (Å²) in [7, 11) is 2.23. The van der Waals surface area contributed by atoms with Crippen molar-refractivity contribution in [3.63, 3.8) is 0 Å². The van der Waals surface area contributed by atoms with Gasteiger partial charge in [0.1, 0.15) is 0 Å². The lowest BCUT2D eigenvalue weighted by molar-refractivity contribution is 0.305. The molecule has 0 aromatic carbocycles. The minimum atomic E-state index is 0.967. The van der Waals surface area contributed by atoms with Crippen molar-refractivity contribution in [2.45, 2.75) is 51.9 Å². The van der Waals surface area contributed by atoms with E-state index in [2.05, 4.69) is 24.2 Å². The second kappa shape index (κ2) is 9.00. The molecule has 1 fully saturated rings. The van der Waals surface area contributed by atoms with E-state index in [1.54, 1.807) is 0 Å². The predicted octanol–water partition coefficient (Wildman–Crippen LogP) is 2.89. The Bertz CT molecular complexity index is 153. The van der Waals surface area contributed by atoms with Gasteiger partial charge in [0.25, 0.3) is 0 Å². The molecule has 0 atom stereocenters. The lowest BCUT2D eigenvalue weighted by atomic mass is 9.89. The molecule has 0 bridgehead atoms. The molecule has 1 aliphatic carbocycles.